The molecule has 0 aliphatic rings. The van der Waals surface area contributed by atoms with E-state index in [1.54, 1.807) is 31.4 Å². The van der Waals surface area contributed by atoms with Gasteiger partial charge in [-0.05, 0) is 36.4 Å². The quantitative estimate of drug-likeness (QED) is 0.765. The molecule has 130 valence electrons. The molecule has 0 aliphatic carbocycles. The Hall–Kier alpha value is -2.19. The van der Waals surface area contributed by atoms with E-state index >= 15 is 0 Å². The predicted molar refractivity (Wildman–Crippen MR) is 84.7 cm³/mol. The summed E-state index contributed by atoms with van der Waals surface area (Å²) in [5, 5.41) is 0. The normalized spacial score (nSPS) is 11.5. The summed E-state index contributed by atoms with van der Waals surface area (Å²) >= 11 is 0. The van der Waals surface area contributed by atoms with Crippen LogP contribution in [-0.2, 0) is 10.0 Å². The van der Waals surface area contributed by atoms with Crippen molar-refractivity contribution >= 4 is 10.0 Å². The summed E-state index contributed by atoms with van der Waals surface area (Å²) in [5.74, 6) is -0.665. The van der Waals surface area contributed by atoms with Crippen molar-refractivity contribution in [1.82, 2.24) is 4.31 Å². The third-order valence-corrected chi connectivity index (χ3v) is 5.11. The number of halogens is 2. The minimum absolute atomic E-state index is 0.0203. The molecule has 0 aromatic heterocycles. The largest absolute Gasteiger partial charge is 0.497 e. The minimum Gasteiger partial charge on any atom is -0.497 e. The second-order valence-corrected chi connectivity index (χ2v) is 7.00. The summed E-state index contributed by atoms with van der Waals surface area (Å²) in [6.07, 6.45) is 0. The van der Waals surface area contributed by atoms with Crippen molar-refractivity contribution in [3.63, 3.8) is 0 Å². The molecule has 0 saturated heterocycles. The molecule has 5 nitrogen and oxygen atoms in total. The van der Waals surface area contributed by atoms with E-state index < -0.39 is 26.6 Å². The zero-order valence-corrected chi connectivity index (χ0v) is 14.0. The Labute approximate surface area is 139 Å². The lowest BCUT2D eigenvalue weighted by atomic mass is 10.3. The van der Waals surface area contributed by atoms with Crippen molar-refractivity contribution in [2.24, 2.45) is 0 Å². The third-order valence-electron chi connectivity index (χ3n) is 3.28. The average Bonchev–Trinajstić information content (AvgIpc) is 2.54. The molecule has 0 spiro atoms. The maximum absolute atomic E-state index is 13.2. The molecule has 24 heavy (non-hydrogen) atoms. The van der Waals surface area contributed by atoms with E-state index in [9.17, 15) is 17.2 Å². The Bertz CT molecular complexity index is 774. The SMILES string of the molecule is COc1ccc(OCCN(C)S(=O)(=O)c2cc(F)cc(F)c2)cc1. The van der Waals surface area contributed by atoms with Gasteiger partial charge < -0.3 is 9.47 Å². The van der Waals surface area contributed by atoms with Gasteiger partial charge in [0.1, 0.15) is 29.7 Å². The number of ether oxygens (including phenoxy) is 2. The second kappa shape index (κ2) is 7.59. The van der Waals surface area contributed by atoms with Crippen LogP contribution in [0.25, 0.3) is 0 Å². The second-order valence-electron chi connectivity index (χ2n) is 4.96. The van der Waals surface area contributed by atoms with Gasteiger partial charge in [0.2, 0.25) is 10.0 Å². The van der Waals surface area contributed by atoms with Gasteiger partial charge in [0.25, 0.3) is 0 Å². The Morgan fingerprint density at radius 1 is 1.00 bits per heavy atom. The Kier molecular flexibility index (Phi) is 5.74. The lowest BCUT2D eigenvalue weighted by Gasteiger charge is -2.17. The fraction of sp³-hybridized carbons (Fsp3) is 0.250. The summed E-state index contributed by atoms with van der Waals surface area (Å²) in [7, 11) is -1.13. The van der Waals surface area contributed by atoms with Gasteiger partial charge in [0.15, 0.2) is 0 Å². The van der Waals surface area contributed by atoms with E-state index in [2.05, 4.69) is 0 Å². The maximum Gasteiger partial charge on any atom is 0.243 e. The summed E-state index contributed by atoms with van der Waals surface area (Å²) in [4.78, 5) is -0.438. The first kappa shape index (κ1) is 18.2. The minimum atomic E-state index is -4.00. The summed E-state index contributed by atoms with van der Waals surface area (Å²) in [6, 6.07) is 8.98. The van der Waals surface area contributed by atoms with Crippen LogP contribution in [0.3, 0.4) is 0 Å². The summed E-state index contributed by atoms with van der Waals surface area (Å²) < 4.78 is 62.4. The summed E-state index contributed by atoms with van der Waals surface area (Å²) in [5.41, 5.74) is 0. The zero-order valence-electron chi connectivity index (χ0n) is 13.2. The van der Waals surface area contributed by atoms with Crippen LogP contribution in [0.2, 0.25) is 0 Å². The lowest BCUT2D eigenvalue weighted by Crippen LogP contribution is -2.31. The van der Waals surface area contributed by atoms with Crippen molar-refractivity contribution in [2.45, 2.75) is 4.90 Å². The Morgan fingerprint density at radius 2 is 1.54 bits per heavy atom. The van der Waals surface area contributed by atoms with Crippen molar-refractivity contribution in [2.75, 3.05) is 27.3 Å². The first-order valence-corrected chi connectivity index (χ1v) is 8.46. The standard InChI is InChI=1S/C16H17F2NO4S/c1-19(7-8-23-15-5-3-14(22-2)4-6-15)24(20,21)16-10-12(17)9-13(18)11-16/h3-6,9-11H,7-8H2,1-2H3. The number of hydrogen-bond donors (Lipinski definition) is 0. The molecule has 8 heteroatoms. The van der Waals surface area contributed by atoms with Gasteiger partial charge in [-0.15, -0.1) is 0 Å². The van der Waals surface area contributed by atoms with Crippen LogP contribution in [0.15, 0.2) is 47.4 Å². The zero-order chi connectivity index (χ0) is 17.7. The van der Waals surface area contributed by atoms with Gasteiger partial charge in [0, 0.05) is 19.7 Å². The molecule has 0 amide bonds. The van der Waals surface area contributed by atoms with E-state index in [0.717, 1.165) is 16.4 Å². The number of sulfonamides is 1. The topological polar surface area (TPSA) is 55.8 Å². The van der Waals surface area contributed by atoms with Gasteiger partial charge in [-0.3, -0.25) is 0 Å². The maximum atomic E-state index is 13.2. The van der Waals surface area contributed by atoms with E-state index in [-0.39, 0.29) is 13.2 Å². The third kappa shape index (κ3) is 4.42. The fourth-order valence-corrected chi connectivity index (χ4v) is 3.14. The van der Waals surface area contributed by atoms with Crippen LogP contribution < -0.4 is 9.47 Å². The number of benzene rings is 2. The Balaban J connectivity index is 1.98. The molecule has 0 radical (unpaired) electrons. The number of rotatable bonds is 7. The molecule has 2 rings (SSSR count). The lowest BCUT2D eigenvalue weighted by molar-refractivity contribution is 0.286. The van der Waals surface area contributed by atoms with E-state index in [1.165, 1.54) is 7.05 Å². The van der Waals surface area contributed by atoms with E-state index in [1.807, 2.05) is 0 Å². The van der Waals surface area contributed by atoms with Gasteiger partial charge >= 0.3 is 0 Å². The van der Waals surface area contributed by atoms with Crippen LogP contribution in [0, 0.1) is 11.6 Å². The fourth-order valence-electron chi connectivity index (χ4n) is 1.94. The van der Waals surface area contributed by atoms with Crippen LogP contribution >= 0.6 is 0 Å². The number of likely N-dealkylation sites (N-methyl/N-ethyl adjacent to an activating group) is 1. The van der Waals surface area contributed by atoms with E-state index in [0.29, 0.717) is 17.6 Å². The van der Waals surface area contributed by atoms with Crippen LogP contribution in [0.4, 0.5) is 8.78 Å². The highest BCUT2D eigenvalue weighted by molar-refractivity contribution is 7.89. The van der Waals surface area contributed by atoms with Crippen LogP contribution in [0.5, 0.6) is 11.5 Å². The molecule has 0 heterocycles. The monoisotopic (exact) mass is 357 g/mol. The number of hydrogen-bond acceptors (Lipinski definition) is 4. The molecule has 0 bridgehead atoms. The summed E-state index contributed by atoms with van der Waals surface area (Å²) in [6.45, 7) is 0.104. The first-order chi connectivity index (χ1) is 11.3. The van der Waals surface area contributed by atoms with Gasteiger partial charge in [0.05, 0.1) is 12.0 Å². The first-order valence-electron chi connectivity index (χ1n) is 7.02. The molecule has 0 aliphatic heterocycles. The van der Waals surface area contributed by atoms with Crippen LogP contribution in [0.1, 0.15) is 0 Å². The average molecular weight is 357 g/mol. The number of methoxy groups -OCH3 is 1. The molecular weight excluding hydrogens is 340 g/mol. The highest BCUT2D eigenvalue weighted by Crippen LogP contribution is 2.19. The van der Waals surface area contributed by atoms with Crippen LogP contribution in [-0.4, -0.2) is 40.0 Å². The molecule has 0 atom stereocenters. The van der Waals surface area contributed by atoms with E-state index in [4.69, 9.17) is 9.47 Å². The highest BCUT2D eigenvalue weighted by Gasteiger charge is 2.22. The number of nitrogens with zero attached hydrogens (tertiary/aromatic N) is 1. The van der Waals surface area contributed by atoms with Crippen molar-refractivity contribution in [1.29, 1.82) is 0 Å². The van der Waals surface area contributed by atoms with Crippen molar-refractivity contribution in [3.8, 4) is 11.5 Å². The predicted octanol–water partition coefficient (Wildman–Crippen LogP) is 2.67. The molecule has 0 unspecified atom stereocenters. The van der Waals surface area contributed by atoms with Gasteiger partial charge in [-0.25, -0.2) is 17.2 Å². The molecular formula is C16H17F2NO4S. The molecule has 0 saturated carbocycles. The Morgan fingerprint density at radius 3 is 2.08 bits per heavy atom. The van der Waals surface area contributed by atoms with Gasteiger partial charge in [-0.1, -0.05) is 0 Å². The molecule has 2 aromatic rings. The van der Waals surface area contributed by atoms with Gasteiger partial charge in [-0.2, -0.15) is 4.31 Å². The molecule has 0 fully saturated rings. The van der Waals surface area contributed by atoms with Crippen molar-refractivity contribution in [3.05, 3.63) is 54.1 Å². The van der Waals surface area contributed by atoms with Crippen molar-refractivity contribution < 1.29 is 26.7 Å². The molecule has 2 aromatic carbocycles. The highest BCUT2D eigenvalue weighted by atomic mass is 32.2. The smallest absolute Gasteiger partial charge is 0.243 e. The molecule has 0 N–H and O–H groups in total.